The monoisotopic (exact) mass is 509 g/mol. The molecule has 0 bridgehead atoms. The normalized spacial score (nSPS) is 11.1. The van der Waals surface area contributed by atoms with Crippen LogP contribution < -0.4 is 11.1 Å². The Morgan fingerprint density at radius 3 is 2.71 bits per heavy atom. The number of anilines is 1. The van der Waals surface area contributed by atoms with E-state index < -0.39 is 0 Å². The largest absolute Gasteiger partial charge is 0.375 e. The van der Waals surface area contributed by atoms with Gasteiger partial charge < -0.3 is 20.9 Å². The number of rotatable bonds is 8. The van der Waals surface area contributed by atoms with E-state index in [1.54, 1.807) is 36.3 Å². The SMILES string of the molecule is Cc1cccc(-c2nc(CNc3ccccc3F)[nH]c2-c2ccc3ncc(C(=O)N(C)CCN)cc3c2)n1. The van der Waals surface area contributed by atoms with Gasteiger partial charge in [0.2, 0.25) is 0 Å². The van der Waals surface area contributed by atoms with Crippen molar-refractivity contribution in [3.8, 4) is 22.6 Å². The molecule has 0 fully saturated rings. The van der Waals surface area contributed by atoms with Gasteiger partial charge in [0.05, 0.1) is 34.7 Å². The number of nitrogens with one attached hydrogen (secondary N) is 2. The Hall–Kier alpha value is -4.63. The summed E-state index contributed by atoms with van der Waals surface area (Å²) in [4.78, 5) is 31.8. The third-order valence-electron chi connectivity index (χ3n) is 6.23. The van der Waals surface area contributed by atoms with Gasteiger partial charge in [-0.15, -0.1) is 0 Å². The summed E-state index contributed by atoms with van der Waals surface area (Å²) in [7, 11) is 1.72. The van der Waals surface area contributed by atoms with Crippen LogP contribution in [-0.2, 0) is 6.54 Å². The average Bonchev–Trinajstić information content (AvgIpc) is 3.36. The third-order valence-corrected chi connectivity index (χ3v) is 6.23. The molecule has 3 aromatic heterocycles. The predicted molar refractivity (Wildman–Crippen MR) is 147 cm³/mol. The maximum absolute atomic E-state index is 14.1. The van der Waals surface area contributed by atoms with E-state index in [1.165, 1.54) is 6.07 Å². The Bertz CT molecular complexity index is 1610. The molecule has 0 saturated heterocycles. The number of carbonyl (C=O) groups excluding carboxylic acids is 1. The number of imidazole rings is 1. The maximum Gasteiger partial charge on any atom is 0.255 e. The lowest BCUT2D eigenvalue weighted by atomic mass is 10.0. The lowest BCUT2D eigenvalue weighted by Crippen LogP contribution is -2.31. The number of aromatic nitrogens is 4. The van der Waals surface area contributed by atoms with Crippen molar-refractivity contribution >= 4 is 22.5 Å². The van der Waals surface area contributed by atoms with Crippen LogP contribution in [0.3, 0.4) is 0 Å². The molecule has 3 heterocycles. The molecule has 4 N–H and O–H groups in total. The van der Waals surface area contributed by atoms with Crippen LogP contribution in [0.25, 0.3) is 33.5 Å². The van der Waals surface area contributed by atoms with E-state index in [-0.39, 0.29) is 11.7 Å². The fourth-order valence-corrected chi connectivity index (χ4v) is 4.28. The highest BCUT2D eigenvalue weighted by molar-refractivity contribution is 5.98. The van der Waals surface area contributed by atoms with E-state index in [0.717, 1.165) is 33.5 Å². The summed E-state index contributed by atoms with van der Waals surface area (Å²) in [6.07, 6.45) is 1.59. The molecule has 1 amide bonds. The fraction of sp³-hybridized carbons (Fsp3) is 0.172. The zero-order valence-electron chi connectivity index (χ0n) is 21.2. The van der Waals surface area contributed by atoms with Gasteiger partial charge in [-0.1, -0.05) is 24.3 Å². The van der Waals surface area contributed by atoms with Crippen molar-refractivity contribution in [3.05, 3.63) is 95.8 Å². The number of nitrogens with zero attached hydrogens (tertiary/aromatic N) is 4. The van der Waals surface area contributed by atoms with Crippen LogP contribution in [0.5, 0.6) is 0 Å². The summed E-state index contributed by atoms with van der Waals surface area (Å²) in [5.41, 5.74) is 11.2. The number of H-pyrrole nitrogens is 1. The second kappa shape index (κ2) is 10.8. The lowest BCUT2D eigenvalue weighted by Gasteiger charge is -2.16. The molecule has 0 saturated carbocycles. The van der Waals surface area contributed by atoms with Gasteiger partial charge in [-0.2, -0.15) is 0 Å². The molecule has 0 radical (unpaired) electrons. The molecule has 0 aliphatic carbocycles. The Kier molecular flexibility index (Phi) is 7.10. The van der Waals surface area contributed by atoms with E-state index in [1.807, 2.05) is 49.4 Å². The third kappa shape index (κ3) is 5.23. The molecule has 192 valence electrons. The smallest absolute Gasteiger partial charge is 0.255 e. The van der Waals surface area contributed by atoms with E-state index in [9.17, 15) is 9.18 Å². The van der Waals surface area contributed by atoms with Crippen molar-refractivity contribution in [1.29, 1.82) is 0 Å². The van der Waals surface area contributed by atoms with Crippen molar-refractivity contribution < 1.29 is 9.18 Å². The molecule has 2 aromatic carbocycles. The number of aromatic amines is 1. The first-order valence-electron chi connectivity index (χ1n) is 12.3. The average molecular weight is 510 g/mol. The summed E-state index contributed by atoms with van der Waals surface area (Å²) >= 11 is 0. The minimum Gasteiger partial charge on any atom is -0.375 e. The zero-order valence-corrected chi connectivity index (χ0v) is 21.2. The number of amides is 1. The minimum absolute atomic E-state index is 0.136. The first-order chi connectivity index (χ1) is 18.4. The predicted octanol–water partition coefficient (Wildman–Crippen LogP) is 4.78. The van der Waals surface area contributed by atoms with Gasteiger partial charge in [0.15, 0.2) is 0 Å². The van der Waals surface area contributed by atoms with Crippen LogP contribution in [0.4, 0.5) is 10.1 Å². The van der Waals surface area contributed by atoms with Gasteiger partial charge in [-0.3, -0.25) is 14.8 Å². The molecular formula is C29H28FN7O. The van der Waals surface area contributed by atoms with Crippen LogP contribution in [0.15, 0.2) is 72.9 Å². The molecule has 38 heavy (non-hydrogen) atoms. The Labute approximate surface area is 219 Å². The van der Waals surface area contributed by atoms with Gasteiger partial charge in [0.25, 0.3) is 5.91 Å². The van der Waals surface area contributed by atoms with Crippen molar-refractivity contribution in [2.75, 3.05) is 25.5 Å². The highest BCUT2D eigenvalue weighted by Crippen LogP contribution is 2.31. The Balaban J connectivity index is 1.54. The van der Waals surface area contributed by atoms with Crippen LogP contribution in [0.2, 0.25) is 0 Å². The van der Waals surface area contributed by atoms with E-state index >= 15 is 0 Å². The van der Waals surface area contributed by atoms with Crippen LogP contribution in [-0.4, -0.2) is 50.9 Å². The number of hydrogen-bond acceptors (Lipinski definition) is 6. The van der Waals surface area contributed by atoms with Crippen LogP contribution in [0.1, 0.15) is 21.9 Å². The summed E-state index contributed by atoms with van der Waals surface area (Å²) in [5, 5.41) is 3.92. The molecule has 0 unspecified atom stereocenters. The Morgan fingerprint density at radius 2 is 1.92 bits per heavy atom. The van der Waals surface area contributed by atoms with Gasteiger partial charge >= 0.3 is 0 Å². The van der Waals surface area contributed by atoms with Gasteiger partial charge in [-0.25, -0.2) is 9.37 Å². The zero-order chi connectivity index (χ0) is 26.6. The van der Waals surface area contributed by atoms with E-state index in [2.05, 4.69) is 20.3 Å². The molecular weight excluding hydrogens is 481 g/mol. The topological polar surface area (TPSA) is 113 Å². The number of fused-ring (bicyclic) bond motifs is 1. The second-order valence-corrected chi connectivity index (χ2v) is 9.05. The van der Waals surface area contributed by atoms with Gasteiger partial charge in [0.1, 0.15) is 17.3 Å². The van der Waals surface area contributed by atoms with E-state index in [0.29, 0.717) is 42.4 Å². The quantitative estimate of drug-likeness (QED) is 0.278. The number of likely N-dealkylation sites (N-methyl/N-ethyl adjacent to an activating group) is 1. The maximum atomic E-state index is 14.1. The summed E-state index contributed by atoms with van der Waals surface area (Å²) < 4.78 is 14.1. The molecule has 0 aliphatic heterocycles. The van der Waals surface area contributed by atoms with Crippen LogP contribution >= 0.6 is 0 Å². The lowest BCUT2D eigenvalue weighted by molar-refractivity contribution is 0.0799. The first kappa shape index (κ1) is 25.0. The molecule has 5 aromatic rings. The van der Waals surface area contributed by atoms with Gasteiger partial charge in [-0.05, 0) is 49.4 Å². The van der Waals surface area contributed by atoms with E-state index in [4.69, 9.17) is 10.7 Å². The second-order valence-electron chi connectivity index (χ2n) is 9.05. The number of aryl methyl sites for hydroxylation is 1. The number of benzene rings is 2. The van der Waals surface area contributed by atoms with Crippen molar-refractivity contribution in [2.45, 2.75) is 13.5 Å². The standard InChI is InChI=1S/C29H28FN7O/c1-18-6-5-9-25(34-18)28-27(35-26(36-28)17-33-24-8-4-3-7-22(24)30)19-10-11-23-20(14-19)15-21(16-32-23)29(38)37(2)13-12-31/h3-11,14-16,33H,12-13,17,31H2,1-2H3,(H,35,36). The molecule has 8 nitrogen and oxygen atoms in total. The Morgan fingerprint density at radius 1 is 1.08 bits per heavy atom. The van der Waals surface area contributed by atoms with Crippen molar-refractivity contribution in [3.63, 3.8) is 0 Å². The summed E-state index contributed by atoms with van der Waals surface area (Å²) in [5.74, 6) is 0.166. The molecule has 9 heteroatoms. The number of carbonyl (C=O) groups is 1. The number of para-hydroxylation sites is 1. The number of nitrogens with two attached hydrogens (primary N) is 1. The fourth-order valence-electron chi connectivity index (χ4n) is 4.28. The highest BCUT2D eigenvalue weighted by Gasteiger charge is 2.17. The molecule has 0 atom stereocenters. The van der Waals surface area contributed by atoms with Crippen molar-refractivity contribution in [1.82, 2.24) is 24.8 Å². The highest BCUT2D eigenvalue weighted by atomic mass is 19.1. The molecule has 0 spiro atoms. The molecule has 5 rings (SSSR count). The van der Waals surface area contributed by atoms with Crippen molar-refractivity contribution in [2.24, 2.45) is 5.73 Å². The number of halogens is 1. The number of hydrogen-bond donors (Lipinski definition) is 3. The van der Waals surface area contributed by atoms with Crippen LogP contribution in [0, 0.1) is 12.7 Å². The summed E-state index contributed by atoms with van der Waals surface area (Å²) in [6, 6.07) is 20.0. The first-order valence-corrected chi connectivity index (χ1v) is 12.3. The van der Waals surface area contributed by atoms with Gasteiger partial charge in [0, 0.05) is 43.0 Å². The molecule has 0 aliphatic rings. The number of pyridine rings is 2. The minimum atomic E-state index is -0.329. The summed E-state index contributed by atoms with van der Waals surface area (Å²) in [6.45, 7) is 3.07.